The summed E-state index contributed by atoms with van der Waals surface area (Å²) < 4.78 is 6.93. The Morgan fingerprint density at radius 2 is 1.87 bits per heavy atom. The first-order valence-electron chi connectivity index (χ1n) is 7.76. The van der Waals surface area contributed by atoms with Crippen LogP contribution < -0.4 is 4.74 Å². The van der Waals surface area contributed by atoms with Gasteiger partial charge >= 0.3 is 0 Å². The Kier molecular flexibility index (Phi) is 4.96. The van der Waals surface area contributed by atoms with Crippen LogP contribution in [0.1, 0.15) is 28.9 Å². The van der Waals surface area contributed by atoms with Crippen molar-refractivity contribution in [3.63, 3.8) is 0 Å². The Balaban J connectivity index is 1.54. The number of pyridine rings is 1. The van der Waals surface area contributed by atoms with Crippen molar-refractivity contribution < 1.29 is 9.53 Å². The Bertz CT molecular complexity index is 662. The van der Waals surface area contributed by atoms with Crippen LogP contribution in [0.4, 0.5) is 0 Å². The monoisotopic (exact) mass is 374 g/mol. The Hall–Kier alpha value is -1.88. The van der Waals surface area contributed by atoms with E-state index in [2.05, 4.69) is 20.9 Å². The fourth-order valence-corrected chi connectivity index (χ4v) is 2.93. The number of amides is 1. The number of aryl methyl sites for hydroxylation is 1. The third kappa shape index (κ3) is 4.10. The van der Waals surface area contributed by atoms with Crippen LogP contribution in [0, 0.1) is 6.92 Å². The normalized spacial score (nSPS) is 15.5. The minimum absolute atomic E-state index is 0.0907. The molecule has 2 aromatic rings. The molecule has 1 aromatic heterocycles. The zero-order valence-electron chi connectivity index (χ0n) is 13.0. The van der Waals surface area contributed by atoms with E-state index in [-0.39, 0.29) is 12.0 Å². The molecule has 5 heteroatoms. The van der Waals surface area contributed by atoms with Crippen molar-refractivity contribution in [3.8, 4) is 5.75 Å². The number of ether oxygens (including phenoxy) is 1. The van der Waals surface area contributed by atoms with Crippen LogP contribution in [-0.2, 0) is 0 Å². The molecule has 1 aromatic carbocycles. The van der Waals surface area contributed by atoms with Gasteiger partial charge in [0.05, 0.1) is 6.20 Å². The van der Waals surface area contributed by atoms with Gasteiger partial charge < -0.3 is 9.64 Å². The van der Waals surface area contributed by atoms with Crippen LogP contribution in [-0.4, -0.2) is 35.0 Å². The van der Waals surface area contributed by atoms with Crippen LogP contribution in [0.2, 0.25) is 0 Å². The average Bonchev–Trinajstić information content (AvgIpc) is 2.58. The number of hydrogen-bond donors (Lipinski definition) is 0. The van der Waals surface area contributed by atoms with Gasteiger partial charge in [0.1, 0.15) is 11.9 Å². The first-order valence-corrected chi connectivity index (χ1v) is 8.55. The molecule has 0 aliphatic carbocycles. The van der Waals surface area contributed by atoms with Gasteiger partial charge in [-0.2, -0.15) is 0 Å². The summed E-state index contributed by atoms with van der Waals surface area (Å²) >= 11 is 3.39. The van der Waals surface area contributed by atoms with Crippen molar-refractivity contribution in [2.75, 3.05) is 13.1 Å². The highest BCUT2D eigenvalue weighted by atomic mass is 79.9. The van der Waals surface area contributed by atoms with Gasteiger partial charge in [0.25, 0.3) is 5.91 Å². The number of carbonyl (C=O) groups is 1. The largest absolute Gasteiger partial charge is 0.489 e. The Morgan fingerprint density at radius 1 is 1.17 bits per heavy atom. The third-order valence-electron chi connectivity index (χ3n) is 4.01. The molecule has 2 heterocycles. The van der Waals surface area contributed by atoms with E-state index in [0.717, 1.165) is 47.4 Å². The Labute approximate surface area is 144 Å². The summed E-state index contributed by atoms with van der Waals surface area (Å²) in [4.78, 5) is 18.6. The minimum atomic E-state index is 0.0907. The number of nitrogens with zero attached hydrogens (tertiary/aromatic N) is 2. The van der Waals surface area contributed by atoms with Gasteiger partial charge in [-0.05, 0) is 43.3 Å². The third-order valence-corrected chi connectivity index (χ3v) is 4.54. The van der Waals surface area contributed by atoms with Crippen molar-refractivity contribution >= 4 is 21.8 Å². The highest BCUT2D eigenvalue weighted by Gasteiger charge is 2.24. The van der Waals surface area contributed by atoms with E-state index in [9.17, 15) is 4.79 Å². The van der Waals surface area contributed by atoms with E-state index in [1.165, 1.54) is 0 Å². The number of benzene rings is 1. The molecule has 0 radical (unpaired) electrons. The lowest BCUT2D eigenvalue weighted by Crippen LogP contribution is -2.41. The van der Waals surface area contributed by atoms with Gasteiger partial charge in [-0.25, -0.2) is 0 Å². The molecule has 0 bridgehead atoms. The molecule has 0 saturated carbocycles. The van der Waals surface area contributed by atoms with Gasteiger partial charge in [-0.15, -0.1) is 0 Å². The lowest BCUT2D eigenvalue weighted by molar-refractivity contribution is 0.0595. The number of piperidine rings is 1. The lowest BCUT2D eigenvalue weighted by atomic mass is 10.1. The smallest absolute Gasteiger partial charge is 0.253 e. The molecule has 0 atom stereocenters. The molecule has 0 N–H and O–H groups in total. The summed E-state index contributed by atoms with van der Waals surface area (Å²) in [5, 5.41) is 0. The second kappa shape index (κ2) is 7.13. The number of rotatable bonds is 3. The van der Waals surface area contributed by atoms with E-state index in [1.807, 2.05) is 48.2 Å². The van der Waals surface area contributed by atoms with Crippen LogP contribution in [0.15, 0.2) is 47.1 Å². The van der Waals surface area contributed by atoms with Crippen molar-refractivity contribution in [2.45, 2.75) is 25.9 Å². The van der Waals surface area contributed by atoms with Gasteiger partial charge in [-0.3, -0.25) is 9.78 Å². The molecule has 0 unspecified atom stereocenters. The summed E-state index contributed by atoms with van der Waals surface area (Å²) in [6.07, 6.45) is 3.59. The molecule has 1 aliphatic rings. The molecule has 1 fully saturated rings. The zero-order chi connectivity index (χ0) is 16.2. The van der Waals surface area contributed by atoms with Crippen molar-refractivity contribution in [1.29, 1.82) is 0 Å². The van der Waals surface area contributed by atoms with Crippen LogP contribution in [0.5, 0.6) is 5.75 Å². The van der Waals surface area contributed by atoms with E-state index in [0.29, 0.717) is 0 Å². The molecular formula is C18H19BrN2O2. The van der Waals surface area contributed by atoms with Crippen molar-refractivity contribution in [2.24, 2.45) is 0 Å². The predicted molar refractivity (Wildman–Crippen MR) is 92.7 cm³/mol. The molecule has 120 valence electrons. The predicted octanol–water partition coefficient (Wildman–Crippen LogP) is 3.84. The van der Waals surface area contributed by atoms with Crippen LogP contribution >= 0.6 is 15.9 Å². The summed E-state index contributed by atoms with van der Waals surface area (Å²) in [6, 6.07) is 11.4. The maximum absolute atomic E-state index is 12.5. The first-order chi connectivity index (χ1) is 11.1. The summed E-state index contributed by atoms with van der Waals surface area (Å²) in [6.45, 7) is 3.40. The average molecular weight is 375 g/mol. The van der Waals surface area contributed by atoms with Crippen LogP contribution in [0.25, 0.3) is 0 Å². The molecule has 1 saturated heterocycles. The van der Waals surface area contributed by atoms with E-state index >= 15 is 0 Å². The molecule has 1 aliphatic heterocycles. The van der Waals surface area contributed by atoms with Gasteiger partial charge in [0.15, 0.2) is 0 Å². The molecule has 1 amide bonds. The second-order valence-corrected chi connectivity index (χ2v) is 6.67. The van der Waals surface area contributed by atoms with Crippen molar-refractivity contribution in [3.05, 3.63) is 58.3 Å². The molecular weight excluding hydrogens is 356 g/mol. The topological polar surface area (TPSA) is 42.4 Å². The summed E-state index contributed by atoms with van der Waals surface area (Å²) in [5.74, 6) is 0.890. The van der Waals surface area contributed by atoms with Gasteiger partial charge in [0, 0.05) is 41.7 Å². The first kappa shape index (κ1) is 16.0. The molecule has 23 heavy (non-hydrogen) atoms. The molecule has 0 spiro atoms. The van der Waals surface area contributed by atoms with Crippen LogP contribution in [0.3, 0.4) is 0 Å². The number of hydrogen-bond acceptors (Lipinski definition) is 3. The van der Waals surface area contributed by atoms with Gasteiger partial charge in [0.2, 0.25) is 0 Å². The number of carbonyl (C=O) groups excluding carboxylic acids is 1. The quantitative estimate of drug-likeness (QED) is 0.819. The highest BCUT2D eigenvalue weighted by Crippen LogP contribution is 2.20. The number of aromatic nitrogens is 1. The molecule has 4 nitrogen and oxygen atoms in total. The zero-order valence-corrected chi connectivity index (χ0v) is 14.6. The van der Waals surface area contributed by atoms with Crippen molar-refractivity contribution in [1.82, 2.24) is 9.88 Å². The van der Waals surface area contributed by atoms with E-state index in [1.54, 1.807) is 6.20 Å². The van der Waals surface area contributed by atoms with Gasteiger partial charge in [-0.1, -0.05) is 15.9 Å². The number of likely N-dealkylation sites (tertiary alicyclic amines) is 1. The summed E-state index contributed by atoms with van der Waals surface area (Å²) in [5.41, 5.74) is 1.71. The maximum Gasteiger partial charge on any atom is 0.253 e. The standard InChI is InChI=1S/C18H19BrN2O2/c1-13-2-7-17(12-20-13)23-16-8-10-21(11-9-16)18(22)14-3-5-15(19)6-4-14/h2-7,12,16H,8-11H2,1H3. The fourth-order valence-electron chi connectivity index (χ4n) is 2.67. The van der Waals surface area contributed by atoms with E-state index < -0.39 is 0 Å². The minimum Gasteiger partial charge on any atom is -0.489 e. The van der Waals surface area contributed by atoms with E-state index in [4.69, 9.17) is 4.74 Å². The lowest BCUT2D eigenvalue weighted by Gasteiger charge is -2.32. The molecule has 3 rings (SSSR count). The summed E-state index contributed by atoms with van der Waals surface area (Å²) in [7, 11) is 0. The second-order valence-electron chi connectivity index (χ2n) is 5.75. The highest BCUT2D eigenvalue weighted by molar-refractivity contribution is 9.10. The maximum atomic E-state index is 12.5. The Morgan fingerprint density at radius 3 is 2.48 bits per heavy atom. The number of halogens is 1. The fraction of sp³-hybridized carbons (Fsp3) is 0.333. The SMILES string of the molecule is Cc1ccc(OC2CCN(C(=O)c3ccc(Br)cc3)CC2)cn1.